The van der Waals surface area contributed by atoms with E-state index in [-0.39, 0.29) is 0 Å². The van der Waals surface area contributed by atoms with E-state index in [0.29, 0.717) is 12.6 Å². The smallest absolute Gasteiger partial charge is 0.191 e. The van der Waals surface area contributed by atoms with E-state index < -0.39 is 0 Å². The third kappa shape index (κ3) is 6.60. The molecule has 2 N–H and O–H groups in total. The Kier molecular flexibility index (Phi) is 7.93. The Bertz CT molecular complexity index is 463. The molecule has 1 aromatic heterocycles. The molecule has 1 aliphatic rings. The lowest BCUT2D eigenvalue weighted by Gasteiger charge is -2.16. The Morgan fingerprint density at radius 3 is 2.74 bits per heavy atom. The molecule has 2 rings (SSSR count). The van der Waals surface area contributed by atoms with Crippen molar-refractivity contribution in [3.05, 3.63) is 18.0 Å². The molecule has 130 valence electrons. The van der Waals surface area contributed by atoms with E-state index in [1.165, 1.54) is 38.5 Å². The Morgan fingerprint density at radius 2 is 2.09 bits per heavy atom. The molecule has 23 heavy (non-hydrogen) atoms. The van der Waals surface area contributed by atoms with Crippen molar-refractivity contribution in [1.29, 1.82) is 0 Å². The van der Waals surface area contributed by atoms with Crippen LogP contribution in [0.1, 0.15) is 51.1 Å². The van der Waals surface area contributed by atoms with Crippen molar-refractivity contribution in [2.45, 2.75) is 58.1 Å². The maximum atomic E-state index is 6.00. The van der Waals surface area contributed by atoms with Crippen LogP contribution in [-0.4, -0.2) is 41.5 Å². The normalized spacial score (nSPS) is 17.0. The lowest BCUT2D eigenvalue weighted by molar-refractivity contribution is 0.0468. The maximum absolute atomic E-state index is 6.00. The topological polar surface area (TPSA) is 63.5 Å². The van der Waals surface area contributed by atoms with Crippen LogP contribution in [0.2, 0.25) is 0 Å². The summed E-state index contributed by atoms with van der Waals surface area (Å²) in [7, 11) is 1.94. The molecule has 0 aliphatic heterocycles. The highest BCUT2D eigenvalue weighted by atomic mass is 16.5. The van der Waals surface area contributed by atoms with Crippen LogP contribution in [0.4, 0.5) is 0 Å². The number of aryl methyl sites for hydroxylation is 1. The van der Waals surface area contributed by atoms with E-state index in [0.717, 1.165) is 31.3 Å². The second-order valence-electron chi connectivity index (χ2n) is 6.05. The van der Waals surface area contributed by atoms with Gasteiger partial charge in [-0.25, -0.2) is 4.99 Å². The van der Waals surface area contributed by atoms with Crippen molar-refractivity contribution in [2.75, 3.05) is 19.7 Å². The van der Waals surface area contributed by atoms with Crippen LogP contribution in [0.5, 0.6) is 0 Å². The summed E-state index contributed by atoms with van der Waals surface area (Å²) in [5, 5.41) is 10.8. The zero-order valence-corrected chi connectivity index (χ0v) is 14.6. The van der Waals surface area contributed by atoms with E-state index in [4.69, 9.17) is 4.74 Å². The average molecular weight is 321 g/mol. The first-order chi connectivity index (χ1) is 11.3. The first kappa shape index (κ1) is 17.8. The second-order valence-corrected chi connectivity index (χ2v) is 6.05. The summed E-state index contributed by atoms with van der Waals surface area (Å²) < 4.78 is 7.85. The van der Waals surface area contributed by atoms with Crippen molar-refractivity contribution in [3.8, 4) is 0 Å². The van der Waals surface area contributed by atoms with Crippen LogP contribution >= 0.6 is 0 Å². The van der Waals surface area contributed by atoms with Gasteiger partial charge in [-0.2, -0.15) is 5.10 Å². The van der Waals surface area contributed by atoms with Gasteiger partial charge in [-0.1, -0.05) is 25.7 Å². The molecule has 1 heterocycles. The highest BCUT2D eigenvalue weighted by molar-refractivity contribution is 5.79. The minimum Gasteiger partial charge on any atom is -0.376 e. The predicted octanol–water partition coefficient (Wildman–Crippen LogP) is 2.21. The Balaban J connectivity index is 1.70. The number of aliphatic imine (C=N–C) groups is 1. The van der Waals surface area contributed by atoms with Crippen molar-refractivity contribution in [1.82, 2.24) is 20.4 Å². The number of hydrogen-bond acceptors (Lipinski definition) is 3. The summed E-state index contributed by atoms with van der Waals surface area (Å²) in [6, 6.07) is 1.99. The fourth-order valence-electron chi connectivity index (χ4n) is 2.86. The predicted molar refractivity (Wildman–Crippen MR) is 93.5 cm³/mol. The van der Waals surface area contributed by atoms with Gasteiger partial charge in [0.1, 0.15) is 0 Å². The second kappa shape index (κ2) is 10.3. The number of nitrogens with zero attached hydrogens (tertiary/aromatic N) is 3. The minimum atomic E-state index is 0.452. The molecule has 1 saturated carbocycles. The van der Waals surface area contributed by atoms with Gasteiger partial charge < -0.3 is 15.4 Å². The molecule has 6 nitrogen and oxygen atoms in total. The molecule has 0 amide bonds. The maximum Gasteiger partial charge on any atom is 0.191 e. The summed E-state index contributed by atoms with van der Waals surface area (Å²) in [4.78, 5) is 4.59. The molecular formula is C17H31N5O. The van der Waals surface area contributed by atoms with E-state index in [9.17, 15) is 0 Å². The summed E-state index contributed by atoms with van der Waals surface area (Å²) >= 11 is 0. The monoisotopic (exact) mass is 321 g/mol. The summed E-state index contributed by atoms with van der Waals surface area (Å²) in [5.74, 6) is 0.832. The first-order valence-electron chi connectivity index (χ1n) is 8.90. The molecule has 0 saturated heterocycles. The van der Waals surface area contributed by atoms with Gasteiger partial charge in [0.2, 0.25) is 0 Å². The molecule has 6 heteroatoms. The zero-order valence-electron chi connectivity index (χ0n) is 14.6. The van der Waals surface area contributed by atoms with E-state index in [1.807, 2.05) is 17.8 Å². The van der Waals surface area contributed by atoms with Gasteiger partial charge in [0, 0.05) is 26.3 Å². The molecule has 1 fully saturated rings. The molecular weight excluding hydrogens is 290 g/mol. The van der Waals surface area contributed by atoms with E-state index in [1.54, 1.807) is 6.20 Å². The van der Waals surface area contributed by atoms with Crippen LogP contribution in [0, 0.1) is 0 Å². The summed E-state index contributed by atoms with van der Waals surface area (Å²) in [5.41, 5.74) is 1.09. The van der Waals surface area contributed by atoms with E-state index >= 15 is 0 Å². The lowest BCUT2D eigenvalue weighted by Crippen LogP contribution is -2.39. The number of ether oxygens (including phenoxy) is 1. The molecule has 0 spiro atoms. The molecule has 0 atom stereocenters. The highest BCUT2D eigenvalue weighted by Gasteiger charge is 2.12. The number of aromatic nitrogens is 2. The Hall–Kier alpha value is -1.56. The summed E-state index contributed by atoms with van der Waals surface area (Å²) in [6.45, 7) is 5.06. The third-order valence-electron chi connectivity index (χ3n) is 4.22. The molecule has 0 unspecified atom stereocenters. The van der Waals surface area contributed by atoms with Crippen molar-refractivity contribution in [2.24, 2.45) is 12.0 Å². The zero-order chi connectivity index (χ0) is 16.3. The van der Waals surface area contributed by atoms with Crippen LogP contribution in [0.3, 0.4) is 0 Å². The van der Waals surface area contributed by atoms with Crippen molar-refractivity contribution in [3.63, 3.8) is 0 Å². The van der Waals surface area contributed by atoms with Crippen molar-refractivity contribution >= 4 is 5.96 Å². The standard InChI is InChI=1S/C17H31N5O/c1-3-18-17(20-14-15-10-11-21-22(15)2)19-12-13-23-16-8-6-4-5-7-9-16/h10-11,16H,3-9,12-14H2,1-2H3,(H2,18,19,20). The third-order valence-corrected chi connectivity index (χ3v) is 4.22. The van der Waals surface area contributed by atoms with Crippen LogP contribution in [-0.2, 0) is 18.3 Å². The molecule has 0 aromatic carbocycles. The SMILES string of the molecule is CCNC(=NCc1ccnn1C)NCCOC1CCCCCC1. The van der Waals surface area contributed by atoms with E-state index in [2.05, 4.69) is 27.6 Å². The van der Waals surface area contributed by atoms with Crippen LogP contribution < -0.4 is 10.6 Å². The fourth-order valence-corrected chi connectivity index (χ4v) is 2.86. The number of guanidine groups is 1. The Labute approximate surface area is 139 Å². The molecule has 0 bridgehead atoms. The van der Waals surface area contributed by atoms with Gasteiger partial charge in [-0.15, -0.1) is 0 Å². The fraction of sp³-hybridized carbons (Fsp3) is 0.765. The number of nitrogens with one attached hydrogen (secondary N) is 2. The van der Waals surface area contributed by atoms with Gasteiger partial charge in [-0.3, -0.25) is 4.68 Å². The molecule has 1 aromatic rings. The largest absolute Gasteiger partial charge is 0.376 e. The number of hydrogen-bond donors (Lipinski definition) is 2. The van der Waals surface area contributed by atoms with Crippen molar-refractivity contribution < 1.29 is 4.74 Å². The number of rotatable bonds is 7. The van der Waals surface area contributed by atoms with Crippen LogP contribution in [0.15, 0.2) is 17.3 Å². The van der Waals surface area contributed by atoms with Crippen LogP contribution in [0.25, 0.3) is 0 Å². The minimum absolute atomic E-state index is 0.452. The molecule has 1 aliphatic carbocycles. The highest BCUT2D eigenvalue weighted by Crippen LogP contribution is 2.19. The van der Waals surface area contributed by atoms with Gasteiger partial charge in [0.05, 0.1) is 24.9 Å². The molecule has 0 radical (unpaired) electrons. The average Bonchev–Trinajstić information content (AvgIpc) is 2.80. The summed E-state index contributed by atoms with van der Waals surface area (Å²) in [6.07, 6.45) is 10.0. The Morgan fingerprint density at radius 1 is 1.30 bits per heavy atom. The lowest BCUT2D eigenvalue weighted by atomic mass is 10.1. The van der Waals surface area contributed by atoms with Gasteiger partial charge in [-0.05, 0) is 25.8 Å². The van der Waals surface area contributed by atoms with Gasteiger partial charge in [0.15, 0.2) is 5.96 Å². The van der Waals surface area contributed by atoms with Gasteiger partial charge in [0.25, 0.3) is 0 Å². The quantitative estimate of drug-likeness (QED) is 0.350. The first-order valence-corrected chi connectivity index (χ1v) is 8.90. The van der Waals surface area contributed by atoms with Gasteiger partial charge >= 0.3 is 0 Å².